The standard InChI is InChI=1S/C24H18Cl2N2O4S/c1-2-31-23(30)14-8-10-19-21(11-14)33-24(27-19)28-22(29)17-5-3-4-6-20(17)32-13-15-7-9-16(25)12-18(15)26/h3-12H,2,13H2,1H3,(H,27,28,29). The van der Waals surface area contributed by atoms with Gasteiger partial charge in [-0.05, 0) is 49.4 Å². The Balaban J connectivity index is 1.50. The quantitative estimate of drug-likeness (QED) is 0.288. The predicted molar refractivity (Wildman–Crippen MR) is 131 cm³/mol. The Morgan fingerprint density at radius 1 is 1.06 bits per heavy atom. The first-order valence-corrected chi connectivity index (χ1v) is 11.6. The average Bonchev–Trinajstić information content (AvgIpc) is 3.20. The fraction of sp³-hybridized carbons (Fsp3) is 0.125. The molecule has 0 atom stereocenters. The highest BCUT2D eigenvalue weighted by molar-refractivity contribution is 7.22. The SMILES string of the molecule is CCOC(=O)c1ccc2nc(NC(=O)c3ccccc3OCc3ccc(Cl)cc3Cl)sc2c1. The number of nitrogens with one attached hydrogen (secondary N) is 1. The first-order chi connectivity index (χ1) is 15.9. The van der Waals surface area contributed by atoms with Crippen molar-refractivity contribution < 1.29 is 19.1 Å². The third-order valence-corrected chi connectivity index (χ3v) is 6.17. The lowest BCUT2D eigenvalue weighted by atomic mass is 10.2. The minimum Gasteiger partial charge on any atom is -0.488 e. The summed E-state index contributed by atoms with van der Waals surface area (Å²) in [7, 11) is 0. The lowest BCUT2D eigenvalue weighted by Crippen LogP contribution is -2.13. The Labute approximate surface area is 204 Å². The highest BCUT2D eigenvalue weighted by Crippen LogP contribution is 2.29. The van der Waals surface area contributed by atoms with Gasteiger partial charge in [0.25, 0.3) is 5.91 Å². The Morgan fingerprint density at radius 2 is 1.88 bits per heavy atom. The van der Waals surface area contributed by atoms with Gasteiger partial charge in [0.15, 0.2) is 5.13 Å². The molecule has 0 spiro atoms. The predicted octanol–water partition coefficient (Wildman–Crippen LogP) is 6.61. The van der Waals surface area contributed by atoms with Crippen molar-refractivity contribution in [2.75, 3.05) is 11.9 Å². The molecule has 1 heterocycles. The van der Waals surface area contributed by atoms with E-state index in [9.17, 15) is 9.59 Å². The van der Waals surface area contributed by atoms with Gasteiger partial charge in [-0.1, -0.05) is 52.7 Å². The summed E-state index contributed by atoms with van der Waals surface area (Å²) in [4.78, 5) is 29.3. The molecule has 1 amide bonds. The number of para-hydroxylation sites is 1. The average molecular weight is 501 g/mol. The summed E-state index contributed by atoms with van der Waals surface area (Å²) in [5.41, 5.74) is 2.21. The number of rotatable bonds is 7. The second kappa shape index (κ2) is 10.2. The van der Waals surface area contributed by atoms with Crippen LogP contribution in [0.15, 0.2) is 60.7 Å². The third-order valence-electron chi connectivity index (χ3n) is 4.65. The summed E-state index contributed by atoms with van der Waals surface area (Å²) in [6.45, 7) is 2.23. The van der Waals surface area contributed by atoms with Gasteiger partial charge < -0.3 is 9.47 Å². The minimum atomic E-state index is -0.398. The molecule has 3 aromatic carbocycles. The molecule has 0 bridgehead atoms. The van der Waals surface area contributed by atoms with Crippen LogP contribution in [-0.4, -0.2) is 23.5 Å². The molecule has 1 N–H and O–H groups in total. The molecule has 33 heavy (non-hydrogen) atoms. The molecule has 0 aliphatic rings. The zero-order valence-corrected chi connectivity index (χ0v) is 19.8. The molecular weight excluding hydrogens is 483 g/mol. The highest BCUT2D eigenvalue weighted by Gasteiger charge is 2.16. The normalized spacial score (nSPS) is 10.8. The van der Waals surface area contributed by atoms with E-state index in [2.05, 4.69) is 10.3 Å². The summed E-state index contributed by atoms with van der Waals surface area (Å²) in [5, 5.41) is 4.24. The fourth-order valence-electron chi connectivity index (χ4n) is 3.06. The van der Waals surface area contributed by atoms with Crippen LogP contribution in [0.1, 0.15) is 33.2 Å². The maximum Gasteiger partial charge on any atom is 0.338 e. The first kappa shape index (κ1) is 23.0. The van der Waals surface area contributed by atoms with Crippen molar-refractivity contribution in [3.8, 4) is 5.75 Å². The smallest absolute Gasteiger partial charge is 0.338 e. The number of halogens is 2. The number of ether oxygens (including phenoxy) is 2. The second-order valence-electron chi connectivity index (χ2n) is 6.90. The largest absolute Gasteiger partial charge is 0.488 e. The zero-order chi connectivity index (χ0) is 23.4. The van der Waals surface area contributed by atoms with E-state index in [4.69, 9.17) is 32.7 Å². The number of aromatic nitrogens is 1. The van der Waals surface area contributed by atoms with Gasteiger partial charge in [0, 0.05) is 15.6 Å². The summed E-state index contributed by atoms with van der Waals surface area (Å²) < 4.78 is 11.7. The monoisotopic (exact) mass is 500 g/mol. The van der Waals surface area contributed by atoms with Crippen LogP contribution in [0.25, 0.3) is 10.2 Å². The van der Waals surface area contributed by atoms with Gasteiger partial charge in [-0.25, -0.2) is 9.78 Å². The topological polar surface area (TPSA) is 77.5 Å². The van der Waals surface area contributed by atoms with Crippen LogP contribution >= 0.6 is 34.5 Å². The van der Waals surface area contributed by atoms with Crippen LogP contribution in [0.2, 0.25) is 10.0 Å². The molecule has 4 aromatic rings. The van der Waals surface area contributed by atoms with E-state index < -0.39 is 5.97 Å². The number of hydrogen-bond acceptors (Lipinski definition) is 6. The molecule has 168 valence electrons. The molecule has 0 radical (unpaired) electrons. The molecule has 4 rings (SSSR count). The molecule has 0 aliphatic carbocycles. The van der Waals surface area contributed by atoms with Gasteiger partial charge >= 0.3 is 5.97 Å². The van der Waals surface area contributed by atoms with Crippen molar-refractivity contribution in [3.05, 3.63) is 87.4 Å². The zero-order valence-electron chi connectivity index (χ0n) is 17.4. The lowest BCUT2D eigenvalue weighted by molar-refractivity contribution is 0.0526. The Kier molecular flexibility index (Phi) is 7.13. The maximum atomic E-state index is 13.0. The van der Waals surface area contributed by atoms with Gasteiger partial charge in [-0.2, -0.15) is 0 Å². The van der Waals surface area contributed by atoms with Gasteiger partial charge in [-0.15, -0.1) is 0 Å². The molecule has 0 fully saturated rings. The first-order valence-electron chi connectivity index (χ1n) is 9.99. The summed E-state index contributed by atoms with van der Waals surface area (Å²) >= 11 is 13.4. The van der Waals surface area contributed by atoms with Crippen LogP contribution in [0.3, 0.4) is 0 Å². The van der Waals surface area contributed by atoms with Crippen molar-refractivity contribution in [3.63, 3.8) is 0 Å². The minimum absolute atomic E-state index is 0.179. The summed E-state index contributed by atoms with van der Waals surface area (Å²) in [5.74, 6) is -0.352. The molecule has 0 saturated carbocycles. The van der Waals surface area contributed by atoms with Crippen LogP contribution in [0, 0.1) is 0 Å². The van der Waals surface area contributed by atoms with Gasteiger partial charge in [-0.3, -0.25) is 10.1 Å². The van der Waals surface area contributed by atoms with E-state index in [1.807, 2.05) is 0 Å². The summed E-state index contributed by atoms with van der Waals surface area (Å²) in [6.07, 6.45) is 0. The number of carbonyl (C=O) groups is 2. The van der Waals surface area contributed by atoms with Crippen molar-refractivity contribution in [1.82, 2.24) is 4.98 Å². The number of esters is 1. The molecule has 1 aromatic heterocycles. The Hall–Kier alpha value is -3.13. The molecular formula is C24H18Cl2N2O4S. The number of anilines is 1. The van der Waals surface area contributed by atoms with Gasteiger partial charge in [0.1, 0.15) is 12.4 Å². The van der Waals surface area contributed by atoms with E-state index in [1.54, 1.807) is 67.6 Å². The number of carbonyl (C=O) groups excluding carboxylic acids is 2. The van der Waals surface area contributed by atoms with Crippen molar-refractivity contribution in [2.45, 2.75) is 13.5 Å². The van der Waals surface area contributed by atoms with E-state index in [0.29, 0.717) is 44.2 Å². The van der Waals surface area contributed by atoms with E-state index in [1.165, 1.54) is 11.3 Å². The van der Waals surface area contributed by atoms with Crippen LogP contribution in [0.5, 0.6) is 5.75 Å². The Bertz CT molecular complexity index is 1340. The number of hydrogen-bond donors (Lipinski definition) is 1. The number of amides is 1. The molecule has 0 saturated heterocycles. The van der Waals surface area contributed by atoms with Crippen molar-refractivity contribution in [1.29, 1.82) is 0 Å². The van der Waals surface area contributed by atoms with Gasteiger partial charge in [0.05, 0.1) is 28.0 Å². The second-order valence-corrected chi connectivity index (χ2v) is 8.77. The van der Waals surface area contributed by atoms with E-state index in [0.717, 1.165) is 10.3 Å². The van der Waals surface area contributed by atoms with Crippen molar-refractivity contribution in [2.24, 2.45) is 0 Å². The van der Waals surface area contributed by atoms with Crippen LogP contribution in [-0.2, 0) is 11.3 Å². The third kappa shape index (κ3) is 5.45. The molecule has 6 nitrogen and oxygen atoms in total. The van der Waals surface area contributed by atoms with Crippen LogP contribution < -0.4 is 10.1 Å². The van der Waals surface area contributed by atoms with E-state index in [-0.39, 0.29) is 12.5 Å². The molecule has 0 unspecified atom stereocenters. The summed E-state index contributed by atoms with van der Waals surface area (Å²) in [6, 6.07) is 17.1. The highest BCUT2D eigenvalue weighted by atomic mass is 35.5. The lowest BCUT2D eigenvalue weighted by Gasteiger charge is -2.12. The molecule has 9 heteroatoms. The fourth-order valence-corrected chi connectivity index (χ4v) is 4.42. The number of nitrogens with zero attached hydrogens (tertiary/aromatic N) is 1. The number of fused-ring (bicyclic) bond motifs is 1. The molecule has 0 aliphatic heterocycles. The van der Waals surface area contributed by atoms with Gasteiger partial charge in [0.2, 0.25) is 0 Å². The Morgan fingerprint density at radius 3 is 2.67 bits per heavy atom. The van der Waals surface area contributed by atoms with Crippen LogP contribution in [0.4, 0.5) is 5.13 Å². The number of thiazole rings is 1. The maximum absolute atomic E-state index is 13.0. The van der Waals surface area contributed by atoms with Crippen molar-refractivity contribution >= 4 is 61.8 Å². The van der Waals surface area contributed by atoms with E-state index >= 15 is 0 Å². The number of benzene rings is 3.